The summed E-state index contributed by atoms with van der Waals surface area (Å²) in [6.07, 6.45) is 7.55. The van der Waals surface area contributed by atoms with Crippen molar-refractivity contribution in [3.63, 3.8) is 0 Å². The Kier molecular flexibility index (Phi) is 3.97. The highest BCUT2D eigenvalue weighted by atomic mass is 35.5. The average Bonchev–Trinajstić information content (AvgIpc) is 3.05. The van der Waals surface area contributed by atoms with Crippen LogP contribution < -0.4 is 5.32 Å². The molecular formula is C15H22ClN3O2. The normalized spacial score (nSPS) is 29.0. The molecule has 2 N–H and O–H groups in total. The quantitative estimate of drug-likeness (QED) is 0.847. The summed E-state index contributed by atoms with van der Waals surface area (Å²) in [6.45, 7) is 2.60. The zero-order chi connectivity index (χ0) is 15.0. The van der Waals surface area contributed by atoms with Gasteiger partial charge < -0.3 is 5.11 Å². The smallest absolute Gasteiger partial charge is 0.324 e. The standard InChI is InChI=1S/C15H22ClN3O2/c1-10-13(16)9-19(18-10)8-6-11-3-2-7-15(11,14(20)21)17-12-4-5-12/h9,11-12,17H,2-8H2,1H3,(H,20,21). The predicted octanol–water partition coefficient (Wildman–Crippen LogP) is 2.61. The van der Waals surface area contributed by atoms with E-state index in [2.05, 4.69) is 10.4 Å². The van der Waals surface area contributed by atoms with Gasteiger partial charge in [-0.15, -0.1) is 0 Å². The Hall–Kier alpha value is -1.07. The number of carboxylic acid groups (broad SMARTS) is 1. The molecule has 0 radical (unpaired) electrons. The van der Waals surface area contributed by atoms with Crippen molar-refractivity contribution in [3.05, 3.63) is 16.9 Å². The number of nitrogens with zero attached hydrogens (tertiary/aromatic N) is 2. The topological polar surface area (TPSA) is 67.2 Å². The molecule has 2 saturated carbocycles. The highest BCUT2D eigenvalue weighted by molar-refractivity contribution is 6.31. The highest BCUT2D eigenvalue weighted by Crippen LogP contribution is 2.41. The van der Waals surface area contributed by atoms with Crippen LogP contribution in [0.4, 0.5) is 0 Å². The van der Waals surface area contributed by atoms with Crippen LogP contribution in [0.1, 0.15) is 44.2 Å². The molecule has 1 aromatic rings. The zero-order valence-electron chi connectivity index (χ0n) is 12.3. The van der Waals surface area contributed by atoms with Gasteiger partial charge in [-0.1, -0.05) is 18.0 Å². The van der Waals surface area contributed by atoms with Crippen LogP contribution in [0, 0.1) is 12.8 Å². The van der Waals surface area contributed by atoms with Crippen molar-refractivity contribution in [1.82, 2.24) is 15.1 Å². The number of aromatic nitrogens is 2. The first-order valence-corrected chi connectivity index (χ1v) is 8.10. The molecule has 116 valence electrons. The van der Waals surface area contributed by atoms with E-state index in [9.17, 15) is 9.90 Å². The van der Waals surface area contributed by atoms with Gasteiger partial charge in [-0.3, -0.25) is 14.8 Å². The van der Waals surface area contributed by atoms with E-state index in [1.54, 1.807) is 0 Å². The van der Waals surface area contributed by atoms with E-state index in [0.29, 0.717) is 11.1 Å². The molecule has 2 atom stereocenters. The number of halogens is 1. The van der Waals surface area contributed by atoms with Crippen LogP contribution >= 0.6 is 11.6 Å². The summed E-state index contributed by atoms with van der Waals surface area (Å²) in [6, 6.07) is 0.406. The van der Waals surface area contributed by atoms with Gasteiger partial charge in [-0.2, -0.15) is 5.10 Å². The monoisotopic (exact) mass is 311 g/mol. The number of aliphatic carboxylic acids is 1. The van der Waals surface area contributed by atoms with Crippen LogP contribution in [-0.4, -0.2) is 32.4 Å². The maximum absolute atomic E-state index is 11.9. The maximum Gasteiger partial charge on any atom is 0.324 e. The number of nitrogens with one attached hydrogen (secondary N) is 1. The third kappa shape index (κ3) is 2.94. The van der Waals surface area contributed by atoms with E-state index in [1.807, 2.05) is 17.8 Å². The summed E-state index contributed by atoms with van der Waals surface area (Å²) < 4.78 is 1.83. The summed E-state index contributed by atoms with van der Waals surface area (Å²) in [4.78, 5) is 11.9. The Morgan fingerprint density at radius 1 is 1.57 bits per heavy atom. The second kappa shape index (κ2) is 5.61. The van der Waals surface area contributed by atoms with Crippen molar-refractivity contribution in [1.29, 1.82) is 0 Å². The molecule has 2 aliphatic rings. The van der Waals surface area contributed by atoms with Crippen molar-refractivity contribution in [2.24, 2.45) is 5.92 Å². The van der Waals surface area contributed by atoms with E-state index in [1.165, 1.54) is 0 Å². The lowest BCUT2D eigenvalue weighted by Crippen LogP contribution is -2.55. The lowest BCUT2D eigenvalue weighted by atomic mass is 9.84. The number of carbonyl (C=O) groups is 1. The van der Waals surface area contributed by atoms with Crippen LogP contribution in [0.5, 0.6) is 0 Å². The molecular weight excluding hydrogens is 290 g/mol. The number of rotatable bonds is 6. The molecule has 0 spiro atoms. The van der Waals surface area contributed by atoms with Crippen molar-refractivity contribution in [2.45, 2.75) is 63.6 Å². The van der Waals surface area contributed by atoms with Gasteiger partial charge in [0.25, 0.3) is 0 Å². The molecule has 2 fully saturated rings. The number of hydrogen-bond acceptors (Lipinski definition) is 3. The number of hydrogen-bond donors (Lipinski definition) is 2. The Bertz CT molecular complexity index is 522. The molecule has 3 rings (SSSR count). The van der Waals surface area contributed by atoms with Crippen LogP contribution in [0.25, 0.3) is 0 Å². The molecule has 0 saturated heterocycles. The van der Waals surface area contributed by atoms with Crippen molar-refractivity contribution >= 4 is 17.6 Å². The average molecular weight is 312 g/mol. The van der Waals surface area contributed by atoms with Gasteiger partial charge in [0.05, 0.1) is 10.7 Å². The van der Waals surface area contributed by atoms with Gasteiger partial charge in [-0.25, -0.2) is 0 Å². The molecule has 0 bridgehead atoms. The van der Waals surface area contributed by atoms with E-state index >= 15 is 0 Å². The van der Waals surface area contributed by atoms with Crippen molar-refractivity contribution in [2.75, 3.05) is 0 Å². The van der Waals surface area contributed by atoms with E-state index in [4.69, 9.17) is 11.6 Å². The molecule has 0 aliphatic heterocycles. The van der Waals surface area contributed by atoms with Gasteiger partial charge in [0.1, 0.15) is 5.54 Å². The summed E-state index contributed by atoms with van der Waals surface area (Å²) in [5.41, 5.74) is 0.0939. The zero-order valence-corrected chi connectivity index (χ0v) is 13.1. The van der Waals surface area contributed by atoms with Gasteiger partial charge in [0.2, 0.25) is 0 Å². The Morgan fingerprint density at radius 3 is 2.90 bits per heavy atom. The van der Waals surface area contributed by atoms with Crippen molar-refractivity contribution in [3.8, 4) is 0 Å². The maximum atomic E-state index is 11.9. The fourth-order valence-corrected chi connectivity index (χ4v) is 3.64. The third-order valence-electron chi connectivity index (χ3n) is 4.83. The van der Waals surface area contributed by atoms with Crippen LogP contribution in [-0.2, 0) is 11.3 Å². The third-order valence-corrected chi connectivity index (χ3v) is 5.21. The lowest BCUT2D eigenvalue weighted by molar-refractivity contribution is -0.147. The Balaban J connectivity index is 1.68. The van der Waals surface area contributed by atoms with E-state index in [0.717, 1.165) is 50.8 Å². The lowest BCUT2D eigenvalue weighted by Gasteiger charge is -2.32. The first-order valence-electron chi connectivity index (χ1n) is 7.72. The SMILES string of the molecule is Cc1nn(CCC2CCCC2(NC2CC2)C(=O)O)cc1Cl. The number of aryl methyl sites for hydroxylation is 2. The van der Waals surface area contributed by atoms with Crippen LogP contribution in [0.15, 0.2) is 6.20 Å². The van der Waals surface area contributed by atoms with Gasteiger partial charge in [0, 0.05) is 18.8 Å². The highest BCUT2D eigenvalue weighted by Gasteiger charge is 2.51. The van der Waals surface area contributed by atoms with E-state index in [-0.39, 0.29) is 5.92 Å². The summed E-state index contributed by atoms with van der Waals surface area (Å²) in [5, 5.41) is 18.2. The Labute approximate surface area is 129 Å². The minimum Gasteiger partial charge on any atom is -0.480 e. The first-order chi connectivity index (χ1) is 10.0. The fraction of sp³-hybridized carbons (Fsp3) is 0.733. The van der Waals surface area contributed by atoms with Gasteiger partial charge in [-0.05, 0) is 44.9 Å². The summed E-state index contributed by atoms with van der Waals surface area (Å²) in [7, 11) is 0. The molecule has 0 aromatic carbocycles. The van der Waals surface area contributed by atoms with Crippen LogP contribution in [0.2, 0.25) is 5.02 Å². The van der Waals surface area contributed by atoms with Crippen molar-refractivity contribution < 1.29 is 9.90 Å². The number of carboxylic acids is 1. The molecule has 21 heavy (non-hydrogen) atoms. The van der Waals surface area contributed by atoms with E-state index < -0.39 is 11.5 Å². The largest absolute Gasteiger partial charge is 0.480 e. The minimum atomic E-state index is -0.729. The molecule has 1 heterocycles. The molecule has 2 unspecified atom stereocenters. The first kappa shape index (κ1) is 14.9. The van der Waals surface area contributed by atoms with Gasteiger partial charge in [0.15, 0.2) is 0 Å². The minimum absolute atomic E-state index is 0.166. The second-order valence-corrected chi connectivity index (χ2v) is 6.81. The fourth-order valence-electron chi connectivity index (χ4n) is 3.49. The Morgan fingerprint density at radius 2 is 2.33 bits per heavy atom. The summed E-state index contributed by atoms with van der Waals surface area (Å²) >= 11 is 6.02. The molecule has 5 nitrogen and oxygen atoms in total. The van der Waals surface area contributed by atoms with Crippen LogP contribution in [0.3, 0.4) is 0 Å². The van der Waals surface area contributed by atoms with Gasteiger partial charge >= 0.3 is 5.97 Å². The molecule has 6 heteroatoms. The molecule has 0 amide bonds. The molecule has 1 aromatic heterocycles. The molecule has 2 aliphatic carbocycles. The predicted molar refractivity (Wildman–Crippen MR) is 80.5 cm³/mol. The summed E-state index contributed by atoms with van der Waals surface area (Å²) in [5.74, 6) is -0.523. The second-order valence-electron chi connectivity index (χ2n) is 6.40.